The second-order valence-corrected chi connectivity index (χ2v) is 8.19. The van der Waals surface area contributed by atoms with Crippen molar-refractivity contribution < 1.29 is 9.59 Å². The molecule has 1 aliphatic carbocycles. The smallest absolute Gasteiger partial charge is 0.261 e. The van der Waals surface area contributed by atoms with Gasteiger partial charge >= 0.3 is 0 Å². The van der Waals surface area contributed by atoms with E-state index in [4.69, 9.17) is 0 Å². The summed E-state index contributed by atoms with van der Waals surface area (Å²) in [7, 11) is 0. The van der Waals surface area contributed by atoms with Crippen LogP contribution in [0.4, 0.5) is 5.00 Å². The van der Waals surface area contributed by atoms with Crippen LogP contribution in [-0.4, -0.2) is 17.9 Å². The molecule has 5 heteroatoms. The Bertz CT molecular complexity index is 551. The third kappa shape index (κ3) is 4.32. The molecule has 4 nitrogen and oxygen atoms in total. The molecule has 1 fully saturated rings. The van der Waals surface area contributed by atoms with E-state index in [1.54, 1.807) is 0 Å². The fourth-order valence-corrected chi connectivity index (χ4v) is 3.54. The van der Waals surface area contributed by atoms with Gasteiger partial charge < -0.3 is 10.6 Å². The van der Waals surface area contributed by atoms with Gasteiger partial charge in [0.05, 0.1) is 9.88 Å². The molecule has 0 aliphatic heterocycles. The third-order valence-corrected chi connectivity index (χ3v) is 5.13. The van der Waals surface area contributed by atoms with Crippen molar-refractivity contribution in [3.8, 4) is 0 Å². The van der Waals surface area contributed by atoms with Gasteiger partial charge in [-0.15, -0.1) is 11.3 Å². The molecule has 2 N–H and O–H groups in total. The molecule has 0 saturated heterocycles. The fourth-order valence-electron chi connectivity index (χ4n) is 2.57. The molecular weight excluding hydrogens is 296 g/mol. The van der Waals surface area contributed by atoms with E-state index in [-0.39, 0.29) is 11.8 Å². The van der Waals surface area contributed by atoms with Crippen molar-refractivity contribution in [1.82, 2.24) is 5.32 Å². The summed E-state index contributed by atoms with van der Waals surface area (Å²) in [4.78, 5) is 25.2. The summed E-state index contributed by atoms with van der Waals surface area (Å²) in [5.41, 5.74) is 0.477. The first kappa shape index (κ1) is 17.0. The quantitative estimate of drug-likeness (QED) is 0.880. The van der Waals surface area contributed by atoms with Crippen LogP contribution in [0.5, 0.6) is 0 Å². The summed E-state index contributed by atoms with van der Waals surface area (Å²) < 4.78 is 0. The lowest BCUT2D eigenvalue weighted by molar-refractivity contribution is -0.123. The molecule has 0 bridgehead atoms. The topological polar surface area (TPSA) is 58.2 Å². The molecule has 1 aromatic rings. The number of rotatable bonds is 3. The van der Waals surface area contributed by atoms with Crippen LogP contribution < -0.4 is 10.6 Å². The number of carbonyl (C=O) groups is 2. The van der Waals surface area contributed by atoms with Crippen molar-refractivity contribution in [3.05, 3.63) is 16.5 Å². The van der Waals surface area contributed by atoms with Crippen LogP contribution in [0.1, 0.15) is 68.1 Å². The molecule has 22 heavy (non-hydrogen) atoms. The summed E-state index contributed by atoms with van der Waals surface area (Å²) in [5, 5.41) is 6.77. The van der Waals surface area contributed by atoms with E-state index in [2.05, 4.69) is 10.6 Å². The van der Waals surface area contributed by atoms with E-state index < -0.39 is 5.41 Å². The zero-order valence-corrected chi connectivity index (χ0v) is 14.7. The van der Waals surface area contributed by atoms with Crippen molar-refractivity contribution in [3.63, 3.8) is 0 Å². The first-order valence-corrected chi connectivity index (χ1v) is 8.82. The SMILES string of the molecule is Cc1cc(NC(=O)C(C)(C)C)sc1C(=O)NC1CCCCC1. The molecule has 2 rings (SSSR count). The van der Waals surface area contributed by atoms with Gasteiger partial charge in [0.15, 0.2) is 0 Å². The first-order chi connectivity index (χ1) is 10.3. The summed E-state index contributed by atoms with van der Waals surface area (Å²) in [6, 6.07) is 2.18. The normalized spacial score (nSPS) is 16.4. The van der Waals surface area contributed by atoms with Crippen LogP contribution in [0.15, 0.2) is 6.07 Å². The Morgan fingerprint density at radius 3 is 2.41 bits per heavy atom. The summed E-state index contributed by atoms with van der Waals surface area (Å²) in [6.07, 6.45) is 5.81. The molecule has 0 radical (unpaired) electrons. The predicted octanol–water partition coefficient (Wildman–Crippen LogP) is 4.10. The van der Waals surface area contributed by atoms with Crippen molar-refractivity contribution >= 4 is 28.2 Å². The summed E-state index contributed by atoms with van der Waals surface area (Å²) >= 11 is 1.36. The highest BCUT2D eigenvalue weighted by atomic mass is 32.1. The Labute approximate surface area is 136 Å². The first-order valence-electron chi connectivity index (χ1n) is 8.00. The van der Waals surface area contributed by atoms with Gasteiger partial charge in [-0.3, -0.25) is 9.59 Å². The maximum atomic E-state index is 12.4. The summed E-state index contributed by atoms with van der Waals surface area (Å²) in [6.45, 7) is 7.54. The van der Waals surface area contributed by atoms with Crippen LogP contribution in [0.3, 0.4) is 0 Å². The van der Waals surface area contributed by atoms with Crippen molar-refractivity contribution in [2.24, 2.45) is 5.41 Å². The van der Waals surface area contributed by atoms with Crippen LogP contribution in [-0.2, 0) is 4.79 Å². The minimum Gasteiger partial charge on any atom is -0.349 e. The molecule has 0 atom stereocenters. The minimum atomic E-state index is -0.442. The van der Waals surface area contributed by atoms with Crippen molar-refractivity contribution in [2.75, 3.05) is 5.32 Å². The zero-order chi connectivity index (χ0) is 16.3. The van der Waals surface area contributed by atoms with E-state index in [0.29, 0.717) is 10.9 Å². The van der Waals surface area contributed by atoms with Gasteiger partial charge in [0.1, 0.15) is 0 Å². The Kier molecular flexibility index (Phi) is 5.27. The lowest BCUT2D eigenvalue weighted by Crippen LogP contribution is -2.36. The number of thiophene rings is 1. The fraction of sp³-hybridized carbons (Fsp3) is 0.647. The zero-order valence-electron chi connectivity index (χ0n) is 13.9. The van der Waals surface area contributed by atoms with E-state index in [1.165, 1.54) is 30.6 Å². The molecule has 0 spiro atoms. The van der Waals surface area contributed by atoms with E-state index >= 15 is 0 Å². The molecule has 1 saturated carbocycles. The highest BCUT2D eigenvalue weighted by Gasteiger charge is 2.24. The number of hydrogen-bond acceptors (Lipinski definition) is 3. The number of carbonyl (C=O) groups excluding carboxylic acids is 2. The number of nitrogens with one attached hydrogen (secondary N) is 2. The lowest BCUT2D eigenvalue weighted by atomic mass is 9.95. The number of anilines is 1. The second-order valence-electron chi connectivity index (χ2n) is 7.14. The Balaban J connectivity index is 2.02. The largest absolute Gasteiger partial charge is 0.349 e. The monoisotopic (exact) mass is 322 g/mol. The molecule has 1 aromatic heterocycles. The van der Waals surface area contributed by atoms with Gasteiger partial charge in [-0.2, -0.15) is 0 Å². The van der Waals surface area contributed by atoms with E-state index in [9.17, 15) is 9.59 Å². The maximum Gasteiger partial charge on any atom is 0.261 e. The Hall–Kier alpha value is -1.36. The maximum absolute atomic E-state index is 12.4. The predicted molar refractivity (Wildman–Crippen MR) is 91.5 cm³/mol. The molecule has 0 aromatic carbocycles. The average molecular weight is 322 g/mol. The van der Waals surface area contributed by atoms with Crippen LogP contribution in [0.25, 0.3) is 0 Å². The number of amides is 2. The highest BCUT2D eigenvalue weighted by molar-refractivity contribution is 7.18. The number of hydrogen-bond donors (Lipinski definition) is 2. The summed E-state index contributed by atoms with van der Waals surface area (Å²) in [5.74, 6) is -0.0429. The Morgan fingerprint density at radius 1 is 1.18 bits per heavy atom. The van der Waals surface area contributed by atoms with Crippen LogP contribution in [0.2, 0.25) is 0 Å². The third-order valence-electron chi connectivity index (χ3n) is 3.98. The lowest BCUT2D eigenvalue weighted by Gasteiger charge is -2.22. The van der Waals surface area contributed by atoms with Gasteiger partial charge in [0, 0.05) is 11.5 Å². The van der Waals surface area contributed by atoms with Crippen molar-refractivity contribution in [2.45, 2.75) is 65.8 Å². The second kappa shape index (κ2) is 6.82. The molecule has 122 valence electrons. The molecule has 0 unspecified atom stereocenters. The van der Waals surface area contributed by atoms with E-state index in [1.807, 2.05) is 33.8 Å². The molecular formula is C17H26N2O2S. The Morgan fingerprint density at radius 2 is 1.82 bits per heavy atom. The standard InChI is InChI=1S/C17H26N2O2S/c1-11-10-13(19-16(21)17(2,3)4)22-14(11)15(20)18-12-8-6-5-7-9-12/h10,12H,5-9H2,1-4H3,(H,18,20)(H,19,21). The van der Waals surface area contributed by atoms with Gasteiger partial charge in [-0.05, 0) is 31.4 Å². The molecule has 2 amide bonds. The molecule has 1 heterocycles. The van der Waals surface area contributed by atoms with Crippen molar-refractivity contribution in [1.29, 1.82) is 0 Å². The van der Waals surface area contributed by atoms with Gasteiger partial charge in [0.2, 0.25) is 5.91 Å². The highest BCUT2D eigenvalue weighted by Crippen LogP contribution is 2.29. The minimum absolute atomic E-state index is 0.00865. The van der Waals surface area contributed by atoms with Gasteiger partial charge in [-0.1, -0.05) is 40.0 Å². The van der Waals surface area contributed by atoms with Crippen LogP contribution >= 0.6 is 11.3 Å². The van der Waals surface area contributed by atoms with E-state index in [0.717, 1.165) is 23.4 Å². The van der Waals surface area contributed by atoms with Crippen LogP contribution in [0, 0.1) is 12.3 Å². The number of aryl methyl sites for hydroxylation is 1. The van der Waals surface area contributed by atoms with Gasteiger partial charge in [-0.25, -0.2) is 0 Å². The average Bonchev–Trinajstić information content (AvgIpc) is 2.79. The van der Waals surface area contributed by atoms with Gasteiger partial charge in [0.25, 0.3) is 5.91 Å². The molecule has 1 aliphatic rings.